The molecular weight excluding hydrogens is 302 g/mol. The van der Waals surface area contributed by atoms with Crippen LogP contribution in [0.2, 0.25) is 0 Å². The molecular formula is C16H25NO4S. The molecule has 1 fully saturated rings. The second-order valence-electron chi connectivity index (χ2n) is 6.09. The number of morpholine rings is 1. The third-order valence-electron chi connectivity index (χ3n) is 3.51. The van der Waals surface area contributed by atoms with Crippen LogP contribution < -0.4 is 0 Å². The van der Waals surface area contributed by atoms with Gasteiger partial charge in [0, 0.05) is 13.1 Å². The Hall–Kier alpha value is -0.950. The number of nitrogens with zero attached hydrogens (tertiary/aromatic N) is 1. The van der Waals surface area contributed by atoms with Crippen LogP contribution in [-0.4, -0.2) is 44.1 Å². The van der Waals surface area contributed by atoms with Crippen LogP contribution in [0.3, 0.4) is 0 Å². The van der Waals surface area contributed by atoms with Gasteiger partial charge in [0.1, 0.15) is 0 Å². The molecule has 1 aliphatic heterocycles. The summed E-state index contributed by atoms with van der Waals surface area (Å²) < 4.78 is 38.3. The molecule has 2 atom stereocenters. The zero-order chi connectivity index (χ0) is 16.3. The van der Waals surface area contributed by atoms with E-state index < -0.39 is 10.0 Å². The molecule has 6 heteroatoms. The predicted octanol–water partition coefficient (Wildman–Crippen LogP) is 2.41. The number of ether oxygens (including phenoxy) is 2. The molecule has 0 unspecified atom stereocenters. The minimum atomic E-state index is -3.49. The predicted molar refractivity (Wildman–Crippen MR) is 85.1 cm³/mol. The lowest BCUT2D eigenvalue weighted by Gasteiger charge is -2.34. The number of benzene rings is 1. The fraction of sp³-hybridized carbons (Fsp3) is 0.625. The van der Waals surface area contributed by atoms with Crippen LogP contribution in [0.15, 0.2) is 29.2 Å². The summed E-state index contributed by atoms with van der Waals surface area (Å²) in [6, 6.07) is 6.98. The summed E-state index contributed by atoms with van der Waals surface area (Å²) in [7, 11) is -3.49. The molecule has 0 amide bonds. The summed E-state index contributed by atoms with van der Waals surface area (Å²) in [6.07, 6.45) is -0.0711. The lowest BCUT2D eigenvalue weighted by Crippen LogP contribution is -2.48. The highest BCUT2D eigenvalue weighted by atomic mass is 32.2. The van der Waals surface area contributed by atoms with E-state index in [1.54, 1.807) is 18.2 Å². The Balaban J connectivity index is 2.20. The summed E-state index contributed by atoms with van der Waals surface area (Å²) in [4.78, 5) is 0.318. The van der Waals surface area contributed by atoms with E-state index in [2.05, 4.69) is 0 Å². The summed E-state index contributed by atoms with van der Waals surface area (Å²) in [5.74, 6) is 0. The van der Waals surface area contributed by atoms with Gasteiger partial charge >= 0.3 is 0 Å². The van der Waals surface area contributed by atoms with E-state index in [4.69, 9.17) is 9.47 Å². The number of sulfonamides is 1. The smallest absolute Gasteiger partial charge is 0.243 e. The quantitative estimate of drug-likeness (QED) is 0.833. The van der Waals surface area contributed by atoms with Crippen LogP contribution >= 0.6 is 0 Å². The lowest BCUT2D eigenvalue weighted by atomic mass is 10.2. The van der Waals surface area contributed by atoms with Gasteiger partial charge in [-0.2, -0.15) is 4.31 Å². The summed E-state index contributed by atoms with van der Waals surface area (Å²) in [5, 5.41) is 0. The molecule has 124 valence electrons. The van der Waals surface area contributed by atoms with E-state index in [1.165, 1.54) is 4.31 Å². The van der Waals surface area contributed by atoms with E-state index in [1.807, 2.05) is 33.8 Å². The van der Waals surface area contributed by atoms with Gasteiger partial charge in [-0.1, -0.05) is 12.1 Å². The Morgan fingerprint density at radius 1 is 1.27 bits per heavy atom. The van der Waals surface area contributed by atoms with E-state index >= 15 is 0 Å². The molecule has 0 saturated carbocycles. The van der Waals surface area contributed by atoms with Crippen molar-refractivity contribution in [1.82, 2.24) is 4.31 Å². The third kappa shape index (κ3) is 4.29. The maximum atomic E-state index is 12.8. The van der Waals surface area contributed by atoms with Crippen LogP contribution in [0.4, 0.5) is 0 Å². The fourth-order valence-electron chi connectivity index (χ4n) is 2.53. The maximum absolute atomic E-state index is 12.8. The average molecular weight is 327 g/mol. The Bertz CT molecular complexity index is 590. The van der Waals surface area contributed by atoms with Crippen molar-refractivity contribution in [2.75, 3.05) is 13.1 Å². The van der Waals surface area contributed by atoms with Crippen molar-refractivity contribution in [1.29, 1.82) is 0 Å². The van der Waals surface area contributed by atoms with Crippen molar-refractivity contribution >= 4 is 10.0 Å². The normalized spacial score (nSPS) is 23.9. The first-order valence-corrected chi connectivity index (χ1v) is 9.09. The van der Waals surface area contributed by atoms with Crippen LogP contribution in [0.1, 0.15) is 33.3 Å². The molecule has 0 radical (unpaired) electrons. The first-order valence-electron chi connectivity index (χ1n) is 7.65. The lowest BCUT2D eigenvalue weighted by molar-refractivity contribution is -0.0440. The summed E-state index contributed by atoms with van der Waals surface area (Å²) in [6.45, 7) is 8.89. The highest BCUT2D eigenvalue weighted by molar-refractivity contribution is 7.89. The maximum Gasteiger partial charge on any atom is 0.243 e. The SMILES string of the molecule is CC(C)OCc1cccc(S(=O)(=O)N2C[C@@H](C)O[C@H](C)C2)c1. The minimum absolute atomic E-state index is 0.0917. The molecule has 1 saturated heterocycles. The minimum Gasteiger partial charge on any atom is -0.374 e. The largest absolute Gasteiger partial charge is 0.374 e. The molecule has 22 heavy (non-hydrogen) atoms. The van der Waals surface area contributed by atoms with Crippen molar-refractivity contribution < 1.29 is 17.9 Å². The van der Waals surface area contributed by atoms with E-state index in [9.17, 15) is 8.42 Å². The zero-order valence-corrected chi connectivity index (χ0v) is 14.5. The summed E-state index contributed by atoms with van der Waals surface area (Å²) >= 11 is 0. The van der Waals surface area contributed by atoms with Gasteiger partial charge in [-0.3, -0.25) is 0 Å². The third-order valence-corrected chi connectivity index (χ3v) is 5.33. The molecule has 1 aromatic carbocycles. The topological polar surface area (TPSA) is 55.8 Å². The van der Waals surface area contributed by atoms with E-state index in [0.717, 1.165) is 5.56 Å². The Kier molecular flexibility index (Phi) is 5.60. The molecule has 1 heterocycles. The zero-order valence-electron chi connectivity index (χ0n) is 13.7. The second-order valence-corrected chi connectivity index (χ2v) is 8.02. The van der Waals surface area contributed by atoms with Crippen molar-refractivity contribution in [2.45, 2.75) is 57.5 Å². The van der Waals surface area contributed by atoms with Crippen molar-refractivity contribution in [3.63, 3.8) is 0 Å². The molecule has 0 N–H and O–H groups in total. The first-order chi connectivity index (χ1) is 10.3. The Morgan fingerprint density at radius 3 is 2.50 bits per heavy atom. The molecule has 0 bridgehead atoms. The van der Waals surface area contributed by atoms with E-state index in [-0.39, 0.29) is 18.3 Å². The highest BCUT2D eigenvalue weighted by Gasteiger charge is 2.32. The van der Waals surface area contributed by atoms with E-state index in [0.29, 0.717) is 24.6 Å². The van der Waals surface area contributed by atoms with Gasteiger partial charge in [-0.05, 0) is 45.4 Å². The number of hydrogen-bond donors (Lipinski definition) is 0. The Morgan fingerprint density at radius 2 is 1.91 bits per heavy atom. The van der Waals surface area contributed by atoms with Crippen LogP contribution in [-0.2, 0) is 26.1 Å². The highest BCUT2D eigenvalue weighted by Crippen LogP contribution is 2.22. The molecule has 0 spiro atoms. The molecule has 1 aliphatic rings. The van der Waals surface area contributed by atoms with Crippen molar-refractivity contribution in [2.24, 2.45) is 0 Å². The first kappa shape index (κ1) is 17.4. The van der Waals surface area contributed by atoms with Gasteiger partial charge < -0.3 is 9.47 Å². The Labute approximate surface area is 133 Å². The van der Waals surface area contributed by atoms with Crippen LogP contribution in [0.25, 0.3) is 0 Å². The van der Waals surface area contributed by atoms with Gasteiger partial charge in [0.15, 0.2) is 0 Å². The van der Waals surface area contributed by atoms with Crippen LogP contribution in [0, 0.1) is 0 Å². The van der Waals surface area contributed by atoms with Crippen molar-refractivity contribution in [3.05, 3.63) is 29.8 Å². The second kappa shape index (κ2) is 7.08. The molecule has 2 rings (SSSR count). The fourth-order valence-corrected chi connectivity index (χ4v) is 4.20. The number of hydrogen-bond acceptors (Lipinski definition) is 4. The average Bonchev–Trinajstić information content (AvgIpc) is 2.44. The molecule has 1 aromatic rings. The molecule has 0 aliphatic carbocycles. The standard InChI is InChI=1S/C16H25NO4S/c1-12(2)20-11-15-6-5-7-16(8-15)22(18,19)17-9-13(3)21-14(4)10-17/h5-8,12-14H,9-11H2,1-4H3/t13-,14-/m1/s1. The van der Waals surface area contributed by atoms with Gasteiger partial charge in [-0.15, -0.1) is 0 Å². The molecule has 5 nitrogen and oxygen atoms in total. The number of rotatable bonds is 5. The monoisotopic (exact) mass is 327 g/mol. The van der Waals surface area contributed by atoms with Crippen LogP contribution in [0.5, 0.6) is 0 Å². The van der Waals surface area contributed by atoms with Crippen molar-refractivity contribution in [3.8, 4) is 0 Å². The van der Waals surface area contributed by atoms with Gasteiger partial charge in [0.2, 0.25) is 10.0 Å². The molecule has 0 aromatic heterocycles. The van der Waals surface area contributed by atoms with Gasteiger partial charge in [0.25, 0.3) is 0 Å². The van der Waals surface area contributed by atoms with Gasteiger partial charge in [-0.25, -0.2) is 8.42 Å². The van der Waals surface area contributed by atoms with Gasteiger partial charge in [0.05, 0.1) is 29.8 Å². The summed E-state index contributed by atoms with van der Waals surface area (Å²) in [5.41, 5.74) is 0.865.